The Bertz CT molecular complexity index is 433. The van der Waals surface area contributed by atoms with E-state index in [1.807, 2.05) is 18.2 Å². The van der Waals surface area contributed by atoms with Gasteiger partial charge in [0, 0.05) is 19.6 Å². The summed E-state index contributed by atoms with van der Waals surface area (Å²) in [6.45, 7) is 1.49. The standard InChI is InChI=1S/C13H16N2O3/c16-12(17)11(10-5-2-1-3-6-10)9-15-8-4-7-14-13(15)18/h1-3,5-6,11H,4,7-9H2,(H,14,18)(H,16,17). The first-order valence-corrected chi connectivity index (χ1v) is 5.99. The lowest BCUT2D eigenvalue weighted by Crippen LogP contribution is -2.48. The number of nitrogens with zero attached hydrogens (tertiary/aromatic N) is 1. The second-order valence-corrected chi connectivity index (χ2v) is 4.33. The van der Waals surface area contributed by atoms with Gasteiger partial charge in [-0.25, -0.2) is 4.79 Å². The second kappa shape index (κ2) is 5.53. The molecule has 96 valence electrons. The zero-order valence-corrected chi connectivity index (χ0v) is 10.0. The van der Waals surface area contributed by atoms with Crippen molar-refractivity contribution in [1.82, 2.24) is 10.2 Å². The normalized spacial score (nSPS) is 17.1. The summed E-state index contributed by atoms with van der Waals surface area (Å²) in [7, 11) is 0. The number of carboxylic acid groups (broad SMARTS) is 1. The van der Waals surface area contributed by atoms with Crippen molar-refractivity contribution in [1.29, 1.82) is 0 Å². The Morgan fingerprint density at radius 3 is 2.72 bits per heavy atom. The van der Waals surface area contributed by atoms with Gasteiger partial charge in [-0.3, -0.25) is 4.79 Å². The summed E-state index contributed by atoms with van der Waals surface area (Å²) in [6, 6.07) is 8.84. The first-order valence-electron chi connectivity index (χ1n) is 5.99. The summed E-state index contributed by atoms with van der Waals surface area (Å²) in [4.78, 5) is 24.5. The van der Waals surface area contributed by atoms with E-state index in [9.17, 15) is 14.7 Å². The smallest absolute Gasteiger partial charge is 0.317 e. The average Bonchev–Trinajstić information content (AvgIpc) is 2.38. The molecule has 1 saturated heterocycles. The second-order valence-electron chi connectivity index (χ2n) is 4.33. The van der Waals surface area contributed by atoms with E-state index < -0.39 is 11.9 Å². The molecule has 18 heavy (non-hydrogen) atoms. The molecule has 0 aromatic heterocycles. The summed E-state index contributed by atoms with van der Waals surface area (Å²) < 4.78 is 0. The lowest BCUT2D eigenvalue weighted by atomic mass is 9.98. The van der Waals surface area contributed by atoms with Crippen LogP contribution in [0.2, 0.25) is 0 Å². The number of nitrogens with one attached hydrogen (secondary N) is 1. The number of carbonyl (C=O) groups excluding carboxylic acids is 1. The molecule has 1 aromatic rings. The van der Waals surface area contributed by atoms with Crippen LogP contribution < -0.4 is 5.32 Å². The fourth-order valence-electron chi connectivity index (χ4n) is 2.08. The fourth-order valence-corrected chi connectivity index (χ4v) is 2.08. The molecule has 2 rings (SSSR count). The highest BCUT2D eigenvalue weighted by atomic mass is 16.4. The van der Waals surface area contributed by atoms with Gasteiger partial charge in [-0.15, -0.1) is 0 Å². The monoisotopic (exact) mass is 248 g/mol. The van der Waals surface area contributed by atoms with E-state index in [1.54, 1.807) is 17.0 Å². The molecule has 1 aliphatic rings. The Balaban J connectivity index is 2.12. The lowest BCUT2D eigenvalue weighted by Gasteiger charge is -2.29. The Morgan fingerprint density at radius 2 is 2.11 bits per heavy atom. The van der Waals surface area contributed by atoms with Gasteiger partial charge in [0.1, 0.15) is 0 Å². The first-order chi connectivity index (χ1) is 8.68. The Morgan fingerprint density at radius 1 is 1.39 bits per heavy atom. The van der Waals surface area contributed by atoms with Crippen molar-refractivity contribution in [2.75, 3.05) is 19.6 Å². The summed E-state index contributed by atoms with van der Waals surface area (Å²) in [5.74, 6) is -1.57. The predicted octanol–water partition coefficient (Wildman–Crippen LogP) is 1.27. The lowest BCUT2D eigenvalue weighted by molar-refractivity contribution is -0.139. The maximum atomic E-state index is 11.6. The van der Waals surface area contributed by atoms with Gasteiger partial charge < -0.3 is 15.3 Å². The van der Waals surface area contributed by atoms with Crippen LogP contribution in [0.4, 0.5) is 4.79 Å². The molecule has 1 aromatic carbocycles. The third-order valence-corrected chi connectivity index (χ3v) is 3.07. The van der Waals surface area contributed by atoms with Crippen LogP contribution in [0.3, 0.4) is 0 Å². The van der Waals surface area contributed by atoms with Crippen molar-refractivity contribution in [2.24, 2.45) is 0 Å². The van der Waals surface area contributed by atoms with Crippen LogP contribution in [-0.4, -0.2) is 41.6 Å². The van der Waals surface area contributed by atoms with Crippen LogP contribution in [-0.2, 0) is 4.79 Å². The summed E-state index contributed by atoms with van der Waals surface area (Å²) in [6.07, 6.45) is 0.854. The number of amides is 2. The summed E-state index contributed by atoms with van der Waals surface area (Å²) >= 11 is 0. The van der Waals surface area contributed by atoms with E-state index in [-0.39, 0.29) is 12.6 Å². The molecule has 2 N–H and O–H groups in total. The minimum Gasteiger partial charge on any atom is -0.481 e. The van der Waals surface area contributed by atoms with Gasteiger partial charge in [0.15, 0.2) is 0 Å². The van der Waals surface area contributed by atoms with Crippen molar-refractivity contribution >= 4 is 12.0 Å². The van der Waals surface area contributed by atoms with Crippen molar-refractivity contribution < 1.29 is 14.7 Å². The zero-order chi connectivity index (χ0) is 13.0. The number of carboxylic acids is 1. The van der Waals surface area contributed by atoms with E-state index in [4.69, 9.17) is 0 Å². The van der Waals surface area contributed by atoms with Crippen LogP contribution in [0.5, 0.6) is 0 Å². The topological polar surface area (TPSA) is 69.6 Å². The van der Waals surface area contributed by atoms with Crippen LogP contribution in [0, 0.1) is 0 Å². The average molecular weight is 248 g/mol. The zero-order valence-electron chi connectivity index (χ0n) is 10.0. The molecular weight excluding hydrogens is 232 g/mol. The molecule has 5 heteroatoms. The Hall–Kier alpha value is -2.04. The van der Waals surface area contributed by atoms with Gasteiger partial charge in [0.25, 0.3) is 0 Å². The maximum Gasteiger partial charge on any atom is 0.317 e. The molecule has 1 aliphatic heterocycles. The molecule has 2 amide bonds. The van der Waals surface area contributed by atoms with Gasteiger partial charge in [-0.05, 0) is 12.0 Å². The van der Waals surface area contributed by atoms with E-state index in [2.05, 4.69) is 5.32 Å². The SMILES string of the molecule is O=C(O)C(CN1CCCNC1=O)c1ccccc1. The molecule has 1 unspecified atom stereocenters. The minimum atomic E-state index is -0.903. The molecule has 0 saturated carbocycles. The maximum absolute atomic E-state index is 11.6. The Labute approximate surface area is 105 Å². The molecule has 5 nitrogen and oxygen atoms in total. The van der Waals surface area contributed by atoms with Crippen molar-refractivity contribution in [3.63, 3.8) is 0 Å². The van der Waals surface area contributed by atoms with Crippen molar-refractivity contribution in [2.45, 2.75) is 12.3 Å². The first kappa shape index (κ1) is 12.4. The molecule has 0 bridgehead atoms. The number of aliphatic carboxylic acids is 1. The number of benzene rings is 1. The van der Waals surface area contributed by atoms with E-state index in [1.165, 1.54) is 0 Å². The molecule has 1 heterocycles. The highest BCUT2D eigenvalue weighted by Gasteiger charge is 2.26. The number of hydrogen-bond donors (Lipinski definition) is 2. The quantitative estimate of drug-likeness (QED) is 0.843. The van der Waals surface area contributed by atoms with Gasteiger partial charge in [0.05, 0.1) is 5.92 Å². The van der Waals surface area contributed by atoms with Gasteiger partial charge >= 0.3 is 12.0 Å². The number of carbonyl (C=O) groups is 2. The third-order valence-electron chi connectivity index (χ3n) is 3.07. The van der Waals surface area contributed by atoms with Crippen LogP contribution in [0.25, 0.3) is 0 Å². The van der Waals surface area contributed by atoms with Gasteiger partial charge in [-0.2, -0.15) is 0 Å². The number of rotatable bonds is 4. The van der Waals surface area contributed by atoms with Gasteiger partial charge in [0.2, 0.25) is 0 Å². The predicted molar refractivity (Wildman–Crippen MR) is 66.4 cm³/mol. The fraction of sp³-hybridized carbons (Fsp3) is 0.385. The van der Waals surface area contributed by atoms with Crippen LogP contribution in [0.1, 0.15) is 17.9 Å². The number of urea groups is 1. The molecule has 1 fully saturated rings. The summed E-state index contributed by atoms with van der Waals surface area (Å²) in [5.41, 5.74) is 0.725. The largest absolute Gasteiger partial charge is 0.481 e. The van der Waals surface area contributed by atoms with E-state index >= 15 is 0 Å². The molecular formula is C13H16N2O3. The highest BCUT2D eigenvalue weighted by molar-refractivity contribution is 5.79. The van der Waals surface area contributed by atoms with Crippen molar-refractivity contribution in [3.05, 3.63) is 35.9 Å². The summed E-state index contributed by atoms with van der Waals surface area (Å²) in [5, 5.41) is 12.0. The van der Waals surface area contributed by atoms with Gasteiger partial charge in [-0.1, -0.05) is 30.3 Å². The van der Waals surface area contributed by atoms with E-state index in [0.717, 1.165) is 12.0 Å². The van der Waals surface area contributed by atoms with Crippen LogP contribution in [0.15, 0.2) is 30.3 Å². The molecule has 0 spiro atoms. The number of hydrogen-bond acceptors (Lipinski definition) is 2. The third kappa shape index (κ3) is 2.80. The molecule has 1 atom stereocenters. The highest BCUT2D eigenvalue weighted by Crippen LogP contribution is 2.18. The van der Waals surface area contributed by atoms with Crippen LogP contribution >= 0.6 is 0 Å². The Kier molecular flexibility index (Phi) is 3.82. The minimum absolute atomic E-state index is 0.177. The van der Waals surface area contributed by atoms with E-state index in [0.29, 0.717) is 13.1 Å². The van der Waals surface area contributed by atoms with Crippen molar-refractivity contribution in [3.8, 4) is 0 Å². The molecule has 0 aliphatic carbocycles. The molecule has 0 radical (unpaired) electrons.